The number of hydrogen-bond acceptors (Lipinski definition) is 4. The summed E-state index contributed by atoms with van der Waals surface area (Å²) in [5.41, 5.74) is 2.26. The molecule has 0 aliphatic heterocycles. The third-order valence-electron chi connectivity index (χ3n) is 4.16. The molecule has 146 valence electrons. The van der Waals surface area contributed by atoms with Gasteiger partial charge in [-0.2, -0.15) is 0 Å². The van der Waals surface area contributed by atoms with E-state index in [1.807, 2.05) is 42.5 Å². The number of ether oxygens (including phenoxy) is 2. The molecule has 0 aliphatic rings. The zero-order valence-corrected chi connectivity index (χ0v) is 15.6. The van der Waals surface area contributed by atoms with Crippen LogP contribution >= 0.6 is 0 Å². The van der Waals surface area contributed by atoms with Crippen LogP contribution < -0.4 is 14.8 Å². The van der Waals surface area contributed by atoms with Gasteiger partial charge < -0.3 is 19.9 Å². The fourth-order valence-electron chi connectivity index (χ4n) is 2.69. The Bertz CT molecular complexity index is 840. The van der Waals surface area contributed by atoms with Crippen molar-refractivity contribution in [3.63, 3.8) is 0 Å². The minimum absolute atomic E-state index is 0.186. The fourth-order valence-corrected chi connectivity index (χ4v) is 2.69. The van der Waals surface area contributed by atoms with Gasteiger partial charge >= 0.3 is 0 Å². The fraction of sp³-hybridized carbons (Fsp3) is 0.217. The van der Waals surface area contributed by atoms with Crippen LogP contribution in [0.15, 0.2) is 78.9 Å². The van der Waals surface area contributed by atoms with E-state index in [0.717, 1.165) is 11.1 Å². The highest BCUT2D eigenvalue weighted by Crippen LogP contribution is 2.22. The number of aliphatic hydroxyl groups is 1. The average Bonchev–Trinajstić information content (AvgIpc) is 2.74. The Balaban J connectivity index is 1.33. The van der Waals surface area contributed by atoms with Gasteiger partial charge in [-0.1, -0.05) is 54.6 Å². The molecule has 3 rings (SSSR count). The van der Waals surface area contributed by atoms with Gasteiger partial charge in [0.2, 0.25) is 0 Å². The van der Waals surface area contributed by atoms with E-state index in [0.29, 0.717) is 25.4 Å². The molecule has 0 bridgehead atoms. The van der Waals surface area contributed by atoms with E-state index in [4.69, 9.17) is 9.47 Å². The van der Waals surface area contributed by atoms with Crippen LogP contribution in [0.4, 0.5) is 4.39 Å². The van der Waals surface area contributed by atoms with Crippen molar-refractivity contribution >= 4 is 0 Å². The molecule has 0 saturated heterocycles. The maximum absolute atomic E-state index is 13.4. The topological polar surface area (TPSA) is 50.7 Å². The normalized spacial score (nSPS) is 11.8. The van der Waals surface area contributed by atoms with Gasteiger partial charge in [0.15, 0.2) is 11.6 Å². The summed E-state index contributed by atoms with van der Waals surface area (Å²) in [7, 11) is 0. The Hall–Kier alpha value is -2.89. The maximum Gasteiger partial charge on any atom is 0.165 e. The predicted molar refractivity (Wildman–Crippen MR) is 108 cm³/mol. The van der Waals surface area contributed by atoms with Gasteiger partial charge in [-0.25, -0.2) is 4.39 Å². The van der Waals surface area contributed by atoms with Gasteiger partial charge in [0.25, 0.3) is 0 Å². The highest BCUT2D eigenvalue weighted by Gasteiger charge is 2.06. The summed E-state index contributed by atoms with van der Waals surface area (Å²) in [6, 6.07) is 24.2. The van der Waals surface area contributed by atoms with Crippen molar-refractivity contribution in [3.8, 4) is 22.6 Å². The summed E-state index contributed by atoms with van der Waals surface area (Å²) < 4.78 is 24.4. The first-order valence-electron chi connectivity index (χ1n) is 9.27. The Morgan fingerprint density at radius 3 is 2.25 bits per heavy atom. The average molecular weight is 381 g/mol. The maximum atomic E-state index is 13.4. The van der Waals surface area contributed by atoms with E-state index in [-0.39, 0.29) is 18.2 Å². The zero-order chi connectivity index (χ0) is 19.6. The van der Waals surface area contributed by atoms with Crippen molar-refractivity contribution in [2.75, 3.05) is 26.3 Å². The Kier molecular flexibility index (Phi) is 7.41. The lowest BCUT2D eigenvalue weighted by molar-refractivity contribution is 0.105. The molecule has 0 amide bonds. The first kappa shape index (κ1) is 19.9. The largest absolute Gasteiger partial charge is 0.491 e. The Morgan fingerprint density at radius 1 is 0.821 bits per heavy atom. The molecule has 28 heavy (non-hydrogen) atoms. The lowest BCUT2D eigenvalue weighted by Gasteiger charge is -2.14. The van der Waals surface area contributed by atoms with Gasteiger partial charge in [-0.05, 0) is 35.4 Å². The van der Waals surface area contributed by atoms with Crippen LogP contribution in [-0.4, -0.2) is 37.5 Å². The van der Waals surface area contributed by atoms with E-state index in [1.54, 1.807) is 18.2 Å². The number of aliphatic hydroxyl groups excluding tert-OH is 1. The van der Waals surface area contributed by atoms with Crippen LogP contribution in [0.25, 0.3) is 11.1 Å². The van der Waals surface area contributed by atoms with Crippen molar-refractivity contribution in [1.29, 1.82) is 0 Å². The summed E-state index contributed by atoms with van der Waals surface area (Å²) in [4.78, 5) is 0. The second-order valence-corrected chi connectivity index (χ2v) is 6.34. The standard InChI is InChI=1S/C23H24FNO3/c24-22-8-4-5-9-23(22)27-15-14-25-16-20(26)17-28-21-12-10-19(11-13-21)18-6-2-1-3-7-18/h1-13,20,25-26H,14-17H2/t20-/m1/s1. The lowest BCUT2D eigenvalue weighted by atomic mass is 10.1. The Labute approximate surface area is 164 Å². The number of benzene rings is 3. The predicted octanol–water partition coefficient (Wildman–Crippen LogP) is 3.90. The molecule has 0 radical (unpaired) electrons. The highest BCUT2D eigenvalue weighted by molar-refractivity contribution is 5.63. The van der Waals surface area contributed by atoms with Gasteiger partial charge in [0.05, 0.1) is 0 Å². The SMILES string of the molecule is O[C@H](CNCCOc1ccccc1F)COc1ccc(-c2ccccc2)cc1. The second kappa shape index (κ2) is 10.4. The van der Waals surface area contributed by atoms with E-state index >= 15 is 0 Å². The van der Waals surface area contributed by atoms with Gasteiger partial charge in [0.1, 0.15) is 25.1 Å². The summed E-state index contributed by atoms with van der Waals surface area (Å²) in [6.45, 7) is 1.36. The third-order valence-corrected chi connectivity index (χ3v) is 4.16. The first-order valence-corrected chi connectivity index (χ1v) is 9.27. The minimum Gasteiger partial charge on any atom is -0.491 e. The molecule has 0 unspecified atom stereocenters. The number of nitrogens with one attached hydrogen (secondary N) is 1. The van der Waals surface area contributed by atoms with Crippen LogP contribution in [0.3, 0.4) is 0 Å². The van der Waals surface area contributed by atoms with E-state index in [1.165, 1.54) is 6.07 Å². The molecular formula is C23H24FNO3. The van der Waals surface area contributed by atoms with Crippen molar-refractivity contribution in [2.24, 2.45) is 0 Å². The highest BCUT2D eigenvalue weighted by atomic mass is 19.1. The van der Waals surface area contributed by atoms with Crippen molar-refractivity contribution in [2.45, 2.75) is 6.10 Å². The minimum atomic E-state index is -0.651. The van der Waals surface area contributed by atoms with Gasteiger partial charge in [0, 0.05) is 13.1 Å². The summed E-state index contributed by atoms with van der Waals surface area (Å²) in [5, 5.41) is 13.1. The molecule has 0 fully saturated rings. The monoisotopic (exact) mass is 381 g/mol. The summed E-state index contributed by atoms with van der Waals surface area (Å²) >= 11 is 0. The number of hydrogen-bond donors (Lipinski definition) is 2. The quantitative estimate of drug-likeness (QED) is 0.523. The molecule has 5 heteroatoms. The lowest BCUT2D eigenvalue weighted by Crippen LogP contribution is -2.33. The van der Waals surface area contributed by atoms with E-state index < -0.39 is 6.10 Å². The van der Waals surface area contributed by atoms with Crippen LogP contribution in [0.5, 0.6) is 11.5 Å². The number of para-hydroxylation sites is 1. The van der Waals surface area contributed by atoms with Crippen molar-refractivity contribution in [1.82, 2.24) is 5.32 Å². The smallest absolute Gasteiger partial charge is 0.165 e. The van der Waals surface area contributed by atoms with Crippen molar-refractivity contribution < 1.29 is 19.0 Å². The van der Waals surface area contributed by atoms with E-state index in [2.05, 4.69) is 17.4 Å². The molecule has 4 nitrogen and oxygen atoms in total. The molecule has 3 aromatic carbocycles. The first-order chi connectivity index (χ1) is 13.7. The zero-order valence-electron chi connectivity index (χ0n) is 15.6. The molecule has 0 aliphatic carbocycles. The number of rotatable bonds is 10. The molecule has 0 heterocycles. The van der Waals surface area contributed by atoms with Crippen LogP contribution in [0.1, 0.15) is 0 Å². The second-order valence-electron chi connectivity index (χ2n) is 6.34. The summed E-state index contributed by atoms with van der Waals surface area (Å²) in [6.07, 6.45) is -0.651. The molecule has 0 spiro atoms. The third kappa shape index (κ3) is 6.08. The molecule has 0 aromatic heterocycles. The molecule has 2 N–H and O–H groups in total. The van der Waals surface area contributed by atoms with Gasteiger partial charge in [-0.3, -0.25) is 0 Å². The van der Waals surface area contributed by atoms with Crippen LogP contribution in [0.2, 0.25) is 0 Å². The van der Waals surface area contributed by atoms with Crippen LogP contribution in [0, 0.1) is 5.82 Å². The van der Waals surface area contributed by atoms with Crippen molar-refractivity contribution in [3.05, 3.63) is 84.7 Å². The summed E-state index contributed by atoms with van der Waals surface area (Å²) in [5.74, 6) is 0.558. The van der Waals surface area contributed by atoms with E-state index in [9.17, 15) is 9.50 Å². The molecule has 0 saturated carbocycles. The molecular weight excluding hydrogens is 357 g/mol. The Morgan fingerprint density at radius 2 is 1.50 bits per heavy atom. The molecule has 1 atom stereocenters. The molecule has 3 aromatic rings. The number of halogens is 1. The van der Waals surface area contributed by atoms with Crippen LogP contribution in [-0.2, 0) is 0 Å². The van der Waals surface area contributed by atoms with Gasteiger partial charge in [-0.15, -0.1) is 0 Å².